The van der Waals surface area contributed by atoms with Crippen molar-refractivity contribution >= 4 is 40.6 Å². The number of benzene rings is 2. The number of rotatable bonds is 6. The number of aliphatic hydroxyl groups is 1. The molecule has 2 aromatic carbocycles. The molecule has 0 radical (unpaired) electrons. The lowest BCUT2D eigenvalue weighted by Gasteiger charge is -2.22. The lowest BCUT2D eigenvalue weighted by molar-refractivity contribution is -0.141. The summed E-state index contributed by atoms with van der Waals surface area (Å²) in [5.41, 5.74) is -0.302. The zero-order valence-corrected chi connectivity index (χ0v) is 19.0. The third kappa shape index (κ3) is 4.20. The molecule has 160 valence electrons. The van der Waals surface area contributed by atoms with E-state index in [4.69, 9.17) is 27.9 Å². The molecule has 1 aliphatic heterocycles. The van der Waals surface area contributed by atoms with Crippen LogP contribution in [0.25, 0.3) is 0 Å². The first-order chi connectivity index (χ1) is 13.9. The zero-order valence-electron chi connectivity index (χ0n) is 17.5. The van der Waals surface area contributed by atoms with Crippen LogP contribution in [-0.2, 0) is 20.6 Å². The number of anilines is 1. The van der Waals surface area contributed by atoms with Crippen LogP contribution < -0.4 is 9.64 Å². The molecule has 1 amide bonds. The summed E-state index contributed by atoms with van der Waals surface area (Å²) in [4.78, 5) is 26.1. The Kier molecular flexibility index (Phi) is 6.19. The van der Waals surface area contributed by atoms with Gasteiger partial charge in [-0.15, -0.1) is 0 Å². The molecular formula is C23H25Cl2NO4. The minimum absolute atomic E-state index is 0.0431. The van der Waals surface area contributed by atoms with Crippen molar-refractivity contribution in [3.8, 4) is 5.75 Å². The van der Waals surface area contributed by atoms with Gasteiger partial charge in [-0.2, -0.15) is 0 Å². The summed E-state index contributed by atoms with van der Waals surface area (Å²) in [5, 5.41) is 11.5. The molecule has 1 N–H and O–H groups in total. The highest BCUT2D eigenvalue weighted by Crippen LogP contribution is 2.49. The average molecular weight is 450 g/mol. The van der Waals surface area contributed by atoms with E-state index in [2.05, 4.69) is 20.8 Å². The second-order valence-electron chi connectivity index (χ2n) is 8.57. The number of hydrogen-bond donors (Lipinski definition) is 1. The molecule has 1 heterocycles. The van der Waals surface area contributed by atoms with Gasteiger partial charge in [0.2, 0.25) is 0 Å². The van der Waals surface area contributed by atoms with Crippen molar-refractivity contribution in [2.45, 2.75) is 45.1 Å². The second-order valence-corrected chi connectivity index (χ2v) is 9.39. The Morgan fingerprint density at radius 3 is 2.27 bits per heavy atom. The van der Waals surface area contributed by atoms with Gasteiger partial charge in [0.05, 0.1) is 17.3 Å². The van der Waals surface area contributed by atoms with Crippen LogP contribution in [0, 0.1) is 0 Å². The van der Waals surface area contributed by atoms with Gasteiger partial charge in [-0.3, -0.25) is 9.59 Å². The van der Waals surface area contributed by atoms with Crippen molar-refractivity contribution in [3.63, 3.8) is 0 Å². The minimum atomic E-state index is -2.03. The van der Waals surface area contributed by atoms with E-state index in [1.54, 1.807) is 6.07 Å². The maximum absolute atomic E-state index is 13.1. The molecule has 0 aliphatic carbocycles. The number of halogens is 2. The summed E-state index contributed by atoms with van der Waals surface area (Å²) >= 11 is 12.6. The Morgan fingerprint density at radius 1 is 1.10 bits per heavy atom. The molecule has 0 bridgehead atoms. The summed E-state index contributed by atoms with van der Waals surface area (Å²) < 4.78 is 5.80. The van der Waals surface area contributed by atoms with E-state index in [1.165, 1.54) is 23.5 Å². The van der Waals surface area contributed by atoms with Crippen LogP contribution in [0.1, 0.15) is 45.2 Å². The van der Waals surface area contributed by atoms with Crippen LogP contribution in [-0.4, -0.2) is 29.9 Å². The molecule has 0 spiro atoms. The first-order valence-corrected chi connectivity index (χ1v) is 10.5. The molecule has 3 rings (SSSR count). The summed E-state index contributed by atoms with van der Waals surface area (Å²) in [7, 11) is 0. The molecule has 0 saturated heterocycles. The summed E-state index contributed by atoms with van der Waals surface area (Å²) in [6, 6.07) is 10.9. The molecule has 30 heavy (non-hydrogen) atoms. The van der Waals surface area contributed by atoms with Gasteiger partial charge in [0, 0.05) is 17.0 Å². The lowest BCUT2D eigenvalue weighted by Crippen LogP contribution is -2.43. The van der Waals surface area contributed by atoms with E-state index < -0.39 is 11.5 Å². The molecule has 1 unspecified atom stereocenters. The Bertz CT molecular complexity index is 982. The minimum Gasteiger partial charge on any atom is -0.492 e. The maximum Gasteiger partial charge on any atom is 0.264 e. The highest BCUT2D eigenvalue weighted by molar-refractivity contribution is 6.38. The maximum atomic E-state index is 13.1. The monoisotopic (exact) mass is 449 g/mol. The number of hydrogen-bond acceptors (Lipinski definition) is 4. The number of carbonyl (C=O) groups is 2. The molecule has 0 aromatic heterocycles. The smallest absolute Gasteiger partial charge is 0.264 e. The topological polar surface area (TPSA) is 66.8 Å². The number of Topliss-reactive ketones (excluding diaryl/α,β-unsaturated/α-hetero) is 1. The van der Waals surface area contributed by atoms with Gasteiger partial charge in [0.1, 0.15) is 18.1 Å². The van der Waals surface area contributed by atoms with Crippen molar-refractivity contribution in [1.29, 1.82) is 0 Å². The van der Waals surface area contributed by atoms with Crippen molar-refractivity contribution < 1.29 is 19.4 Å². The van der Waals surface area contributed by atoms with Crippen molar-refractivity contribution in [3.05, 3.63) is 57.6 Å². The predicted octanol–water partition coefficient (Wildman–Crippen LogP) is 4.88. The lowest BCUT2D eigenvalue weighted by atomic mass is 9.87. The quantitative estimate of drug-likeness (QED) is 0.681. The van der Waals surface area contributed by atoms with Gasteiger partial charge < -0.3 is 14.7 Å². The molecule has 1 atom stereocenters. The van der Waals surface area contributed by atoms with Gasteiger partial charge in [0.25, 0.3) is 5.91 Å². The largest absolute Gasteiger partial charge is 0.492 e. The summed E-state index contributed by atoms with van der Waals surface area (Å²) in [6.07, 6.45) is -0.371. The fourth-order valence-corrected chi connectivity index (χ4v) is 4.24. The number of ketones is 1. The van der Waals surface area contributed by atoms with E-state index in [9.17, 15) is 14.7 Å². The highest BCUT2D eigenvalue weighted by Gasteiger charge is 2.52. The summed E-state index contributed by atoms with van der Waals surface area (Å²) in [6.45, 7) is 8.05. The van der Waals surface area contributed by atoms with Crippen LogP contribution in [0.4, 0.5) is 5.69 Å². The molecule has 7 heteroatoms. The summed E-state index contributed by atoms with van der Waals surface area (Å²) in [5.74, 6) is -0.287. The van der Waals surface area contributed by atoms with E-state index in [0.29, 0.717) is 11.4 Å². The van der Waals surface area contributed by atoms with Gasteiger partial charge in [-0.05, 0) is 42.2 Å². The molecule has 0 saturated carbocycles. The molecule has 0 fully saturated rings. The zero-order chi connectivity index (χ0) is 22.3. The van der Waals surface area contributed by atoms with Crippen LogP contribution in [0.3, 0.4) is 0 Å². The van der Waals surface area contributed by atoms with E-state index >= 15 is 0 Å². The van der Waals surface area contributed by atoms with Crippen LogP contribution in [0.2, 0.25) is 10.0 Å². The number of amides is 1. The number of fused-ring (bicyclic) bond motifs is 1. The first kappa shape index (κ1) is 22.6. The normalized spacial score (nSPS) is 18.5. The van der Waals surface area contributed by atoms with Gasteiger partial charge in [-0.25, -0.2) is 0 Å². The molecule has 5 nitrogen and oxygen atoms in total. The van der Waals surface area contributed by atoms with Crippen molar-refractivity contribution in [2.24, 2.45) is 0 Å². The molecule has 1 aliphatic rings. The second kappa shape index (κ2) is 8.22. The highest BCUT2D eigenvalue weighted by atomic mass is 35.5. The van der Waals surface area contributed by atoms with Gasteiger partial charge in [0.15, 0.2) is 5.60 Å². The van der Waals surface area contributed by atoms with Crippen LogP contribution >= 0.6 is 23.2 Å². The molecular weight excluding hydrogens is 425 g/mol. The van der Waals surface area contributed by atoms with E-state index in [1.807, 2.05) is 24.3 Å². The Labute approximate surface area is 186 Å². The van der Waals surface area contributed by atoms with Crippen LogP contribution in [0.15, 0.2) is 36.4 Å². The van der Waals surface area contributed by atoms with E-state index in [0.717, 1.165) is 0 Å². The third-order valence-corrected chi connectivity index (χ3v) is 5.79. The predicted molar refractivity (Wildman–Crippen MR) is 119 cm³/mol. The fraction of sp³-hybridized carbons (Fsp3) is 0.391. The number of ether oxygens (including phenoxy) is 1. The Hall–Kier alpha value is -2.08. The van der Waals surface area contributed by atoms with E-state index in [-0.39, 0.29) is 46.4 Å². The first-order valence-electron chi connectivity index (χ1n) is 9.71. The Morgan fingerprint density at radius 2 is 1.70 bits per heavy atom. The van der Waals surface area contributed by atoms with Crippen molar-refractivity contribution in [2.75, 3.05) is 18.1 Å². The van der Waals surface area contributed by atoms with Gasteiger partial charge >= 0.3 is 0 Å². The average Bonchev–Trinajstić information content (AvgIpc) is 2.86. The standard InChI is InChI=1S/C23H25Cl2NO4/c1-14(27)13-23(29)19-17(24)9-10-18(25)20(19)26(21(23)28)11-12-30-16-7-5-15(6-8-16)22(2,3)4/h5-10,29H,11-13H2,1-4H3. The number of carbonyl (C=O) groups excluding carboxylic acids is 2. The fourth-order valence-electron chi connectivity index (χ4n) is 3.67. The SMILES string of the molecule is CC(=O)CC1(O)C(=O)N(CCOc2ccc(C(C)(C)C)cc2)c2c(Cl)ccc(Cl)c21. The Balaban J connectivity index is 1.81. The van der Waals surface area contributed by atoms with Crippen molar-refractivity contribution in [1.82, 2.24) is 0 Å². The molecule has 2 aromatic rings. The van der Waals surface area contributed by atoms with Gasteiger partial charge in [-0.1, -0.05) is 56.1 Å². The third-order valence-electron chi connectivity index (χ3n) is 5.17. The number of nitrogens with zero attached hydrogens (tertiary/aromatic N) is 1. The van der Waals surface area contributed by atoms with Crippen LogP contribution in [0.5, 0.6) is 5.75 Å².